The third kappa shape index (κ3) is 5.19. The highest BCUT2D eigenvalue weighted by Crippen LogP contribution is 2.20. The van der Waals surface area contributed by atoms with Crippen molar-refractivity contribution < 1.29 is 13.9 Å². The van der Waals surface area contributed by atoms with Gasteiger partial charge in [-0.3, -0.25) is 4.79 Å². The van der Waals surface area contributed by atoms with Crippen LogP contribution in [0, 0.1) is 0 Å². The average molecular weight is 373 g/mol. The molecule has 0 aliphatic heterocycles. The molecule has 21 heavy (non-hydrogen) atoms. The fourth-order valence-corrected chi connectivity index (χ4v) is 2.31. The van der Waals surface area contributed by atoms with Crippen molar-refractivity contribution >= 4 is 33.4 Å². The monoisotopic (exact) mass is 371 g/mol. The zero-order chi connectivity index (χ0) is 15.1. The molecular formula is C15H15BrClNO3. The fourth-order valence-electron chi connectivity index (χ4n) is 1.71. The first-order valence-electron chi connectivity index (χ1n) is 6.50. The normalized spacial score (nSPS) is 10.6. The van der Waals surface area contributed by atoms with Gasteiger partial charge in [0.2, 0.25) is 0 Å². The summed E-state index contributed by atoms with van der Waals surface area (Å²) in [7, 11) is 0. The molecule has 0 spiro atoms. The summed E-state index contributed by atoms with van der Waals surface area (Å²) in [4.78, 5) is 12.0. The predicted molar refractivity (Wildman–Crippen MR) is 84.5 cm³/mol. The second kappa shape index (κ2) is 8.22. The molecule has 0 saturated carbocycles. The number of ether oxygens (including phenoxy) is 1. The number of carbonyl (C=O) groups excluding carboxylic acids is 1. The second-order valence-electron chi connectivity index (χ2n) is 4.37. The number of hydrogen-bond acceptors (Lipinski definition) is 3. The number of benzene rings is 1. The molecule has 2 aromatic rings. The van der Waals surface area contributed by atoms with Gasteiger partial charge in [-0.2, -0.15) is 0 Å². The highest BCUT2D eigenvalue weighted by molar-refractivity contribution is 9.10. The van der Waals surface area contributed by atoms with Crippen molar-refractivity contribution in [3.63, 3.8) is 0 Å². The molecule has 0 aliphatic rings. The topological polar surface area (TPSA) is 51.5 Å². The van der Waals surface area contributed by atoms with Crippen LogP contribution < -0.4 is 5.32 Å². The summed E-state index contributed by atoms with van der Waals surface area (Å²) in [6.45, 7) is 1.54. The van der Waals surface area contributed by atoms with Crippen LogP contribution in [0.4, 0.5) is 0 Å². The van der Waals surface area contributed by atoms with Crippen LogP contribution in [-0.2, 0) is 11.3 Å². The van der Waals surface area contributed by atoms with Crippen molar-refractivity contribution in [3.05, 3.63) is 57.4 Å². The zero-order valence-electron chi connectivity index (χ0n) is 11.3. The van der Waals surface area contributed by atoms with E-state index in [9.17, 15) is 4.79 Å². The molecule has 0 radical (unpaired) electrons. The van der Waals surface area contributed by atoms with Crippen molar-refractivity contribution in [1.29, 1.82) is 0 Å². The molecule has 6 heteroatoms. The van der Waals surface area contributed by atoms with Crippen LogP contribution in [0.1, 0.15) is 22.5 Å². The summed E-state index contributed by atoms with van der Waals surface area (Å²) in [5.74, 6) is 0.636. The number of halogens is 2. The molecule has 0 fully saturated rings. The molecule has 1 N–H and O–H groups in total. The number of carbonyl (C=O) groups is 1. The van der Waals surface area contributed by atoms with Crippen molar-refractivity contribution in [3.8, 4) is 0 Å². The summed E-state index contributed by atoms with van der Waals surface area (Å²) < 4.78 is 11.3. The van der Waals surface area contributed by atoms with Crippen LogP contribution >= 0.6 is 27.5 Å². The van der Waals surface area contributed by atoms with Crippen LogP contribution in [0.2, 0.25) is 5.02 Å². The van der Waals surface area contributed by atoms with Gasteiger partial charge in [0.05, 0.1) is 11.8 Å². The number of furan rings is 1. The molecule has 2 rings (SSSR count). The summed E-state index contributed by atoms with van der Waals surface area (Å²) in [5.41, 5.74) is 0.527. The smallest absolute Gasteiger partial charge is 0.252 e. The Morgan fingerprint density at radius 3 is 3.00 bits per heavy atom. The lowest BCUT2D eigenvalue weighted by atomic mass is 10.2. The standard InChI is InChI=1S/C15H15BrClNO3/c16-14-5-4-11(17)9-13(14)15(19)18-6-2-7-20-10-12-3-1-8-21-12/h1,3-5,8-9H,2,6-7,10H2,(H,18,19). The SMILES string of the molecule is O=C(NCCCOCc1ccco1)c1cc(Cl)ccc1Br. The number of rotatable bonds is 7. The lowest BCUT2D eigenvalue weighted by Gasteiger charge is -2.07. The quantitative estimate of drug-likeness (QED) is 0.747. The molecule has 0 unspecified atom stereocenters. The molecule has 4 nitrogen and oxygen atoms in total. The average Bonchev–Trinajstić information content (AvgIpc) is 2.98. The summed E-state index contributed by atoms with van der Waals surface area (Å²) in [6, 6.07) is 8.79. The minimum atomic E-state index is -0.157. The first-order chi connectivity index (χ1) is 10.2. The Hall–Kier alpha value is -1.30. The summed E-state index contributed by atoms with van der Waals surface area (Å²) >= 11 is 9.21. The second-order valence-corrected chi connectivity index (χ2v) is 5.66. The van der Waals surface area contributed by atoms with E-state index in [2.05, 4.69) is 21.2 Å². The Labute approximate surface area is 136 Å². The fraction of sp³-hybridized carbons (Fsp3) is 0.267. The lowest BCUT2D eigenvalue weighted by molar-refractivity contribution is 0.0916. The van der Waals surface area contributed by atoms with E-state index in [1.54, 1.807) is 24.5 Å². The van der Waals surface area contributed by atoms with Crippen molar-refractivity contribution in [2.75, 3.05) is 13.2 Å². The highest BCUT2D eigenvalue weighted by atomic mass is 79.9. The minimum absolute atomic E-state index is 0.157. The number of nitrogens with one attached hydrogen (secondary N) is 1. The van der Waals surface area contributed by atoms with E-state index in [0.717, 1.165) is 16.7 Å². The third-order valence-electron chi connectivity index (χ3n) is 2.75. The van der Waals surface area contributed by atoms with Crippen LogP contribution in [0.25, 0.3) is 0 Å². The first kappa shape index (κ1) is 16.1. The highest BCUT2D eigenvalue weighted by Gasteiger charge is 2.09. The van der Waals surface area contributed by atoms with Gasteiger partial charge in [-0.1, -0.05) is 11.6 Å². The van der Waals surface area contributed by atoms with Gasteiger partial charge in [-0.25, -0.2) is 0 Å². The van der Waals surface area contributed by atoms with E-state index < -0.39 is 0 Å². The molecular weight excluding hydrogens is 358 g/mol. The Kier molecular flexibility index (Phi) is 6.29. The summed E-state index contributed by atoms with van der Waals surface area (Å²) in [5, 5.41) is 3.36. The molecule has 1 aromatic heterocycles. The minimum Gasteiger partial charge on any atom is -0.467 e. The summed E-state index contributed by atoms with van der Waals surface area (Å²) in [6.07, 6.45) is 2.34. The van der Waals surface area contributed by atoms with E-state index >= 15 is 0 Å². The molecule has 0 saturated heterocycles. The van der Waals surface area contributed by atoms with E-state index in [4.69, 9.17) is 20.8 Å². The van der Waals surface area contributed by atoms with E-state index in [1.165, 1.54) is 0 Å². The van der Waals surface area contributed by atoms with Gasteiger partial charge in [-0.05, 0) is 52.7 Å². The lowest BCUT2D eigenvalue weighted by Crippen LogP contribution is -2.25. The van der Waals surface area contributed by atoms with Gasteiger partial charge in [0.15, 0.2) is 0 Å². The van der Waals surface area contributed by atoms with Crippen LogP contribution in [0.5, 0.6) is 0 Å². The predicted octanol–water partition coefficient (Wildman–Crippen LogP) is 4.03. The maximum Gasteiger partial charge on any atom is 0.252 e. The van der Waals surface area contributed by atoms with E-state index in [0.29, 0.717) is 30.3 Å². The van der Waals surface area contributed by atoms with Gasteiger partial charge < -0.3 is 14.5 Å². The van der Waals surface area contributed by atoms with Gasteiger partial charge in [0.25, 0.3) is 5.91 Å². The van der Waals surface area contributed by atoms with Crippen molar-refractivity contribution in [2.45, 2.75) is 13.0 Å². The number of hydrogen-bond donors (Lipinski definition) is 1. The first-order valence-corrected chi connectivity index (χ1v) is 7.67. The van der Waals surface area contributed by atoms with Crippen LogP contribution in [0.15, 0.2) is 45.5 Å². The molecule has 0 bridgehead atoms. The van der Waals surface area contributed by atoms with Gasteiger partial charge in [-0.15, -0.1) is 0 Å². The molecule has 0 aliphatic carbocycles. The van der Waals surface area contributed by atoms with Gasteiger partial charge in [0.1, 0.15) is 12.4 Å². The Balaban J connectivity index is 1.66. The zero-order valence-corrected chi connectivity index (χ0v) is 13.6. The Bertz CT molecular complexity index is 587. The Morgan fingerprint density at radius 1 is 1.38 bits per heavy atom. The third-order valence-corrected chi connectivity index (χ3v) is 3.68. The van der Waals surface area contributed by atoms with Gasteiger partial charge in [0, 0.05) is 22.6 Å². The van der Waals surface area contributed by atoms with E-state index in [-0.39, 0.29) is 5.91 Å². The van der Waals surface area contributed by atoms with E-state index in [1.807, 2.05) is 12.1 Å². The Morgan fingerprint density at radius 2 is 2.24 bits per heavy atom. The largest absolute Gasteiger partial charge is 0.467 e. The van der Waals surface area contributed by atoms with Crippen molar-refractivity contribution in [1.82, 2.24) is 5.32 Å². The van der Waals surface area contributed by atoms with Crippen molar-refractivity contribution in [2.24, 2.45) is 0 Å². The molecule has 1 amide bonds. The molecule has 0 atom stereocenters. The molecule has 112 valence electrons. The van der Waals surface area contributed by atoms with Crippen LogP contribution in [0.3, 0.4) is 0 Å². The number of amides is 1. The van der Waals surface area contributed by atoms with Gasteiger partial charge >= 0.3 is 0 Å². The molecule has 1 aromatic carbocycles. The maximum absolute atomic E-state index is 12.0. The maximum atomic E-state index is 12.0. The van der Waals surface area contributed by atoms with Crippen LogP contribution in [-0.4, -0.2) is 19.1 Å². The molecule has 1 heterocycles.